The van der Waals surface area contributed by atoms with Gasteiger partial charge in [-0.25, -0.2) is 0 Å². The number of hydrogen-bond donors (Lipinski definition) is 0. The van der Waals surface area contributed by atoms with Crippen LogP contribution in [0.3, 0.4) is 0 Å². The lowest BCUT2D eigenvalue weighted by Crippen LogP contribution is -2.49. The van der Waals surface area contributed by atoms with Gasteiger partial charge in [-0.1, -0.05) is 42.5 Å². The van der Waals surface area contributed by atoms with Gasteiger partial charge in [-0.2, -0.15) is 0 Å². The van der Waals surface area contributed by atoms with Gasteiger partial charge < -0.3 is 9.80 Å². The summed E-state index contributed by atoms with van der Waals surface area (Å²) in [5.74, 6) is 1.77. The Morgan fingerprint density at radius 3 is 2.38 bits per heavy atom. The number of piperazine rings is 1. The lowest BCUT2D eigenvalue weighted by molar-refractivity contribution is -0.135. The molecule has 4 heteroatoms. The third-order valence-corrected chi connectivity index (χ3v) is 7.71. The Kier molecular flexibility index (Phi) is 5.49. The summed E-state index contributed by atoms with van der Waals surface area (Å²) < 4.78 is 0. The lowest BCUT2D eigenvalue weighted by atomic mass is 9.90. The molecule has 4 nitrogen and oxygen atoms in total. The maximum atomic E-state index is 13.1. The minimum absolute atomic E-state index is 0.329. The predicted octanol–water partition coefficient (Wildman–Crippen LogP) is 3.36. The van der Waals surface area contributed by atoms with Gasteiger partial charge in [0.1, 0.15) is 0 Å². The van der Waals surface area contributed by atoms with E-state index in [1.807, 2.05) is 0 Å². The molecule has 2 aliphatic heterocycles. The number of hydrogen-bond acceptors (Lipinski definition) is 3. The van der Waals surface area contributed by atoms with Crippen molar-refractivity contribution in [2.75, 3.05) is 52.4 Å². The van der Waals surface area contributed by atoms with Gasteiger partial charge in [-0.05, 0) is 62.1 Å². The van der Waals surface area contributed by atoms with Gasteiger partial charge in [0.05, 0.1) is 0 Å². The summed E-state index contributed by atoms with van der Waals surface area (Å²) in [7, 11) is 0. The van der Waals surface area contributed by atoms with Crippen molar-refractivity contribution >= 4 is 12.0 Å². The fraction of sp³-hybridized carbons (Fsp3) is 0.640. The largest absolute Gasteiger partial charge is 0.340 e. The van der Waals surface area contributed by atoms with Crippen molar-refractivity contribution in [3.63, 3.8) is 0 Å². The zero-order valence-electron chi connectivity index (χ0n) is 17.6. The van der Waals surface area contributed by atoms with E-state index in [4.69, 9.17) is 0 Å². The molecule has 1 atom stereocenters. The second kappa shape index (κ2) is 8.23. The summed E-state index contributed by atoms with van der Waals surface area (Å²) in [5, 5.41) is 0. The molecule has 1 spiro atoms. The van der Waals surface area contributed by atoms with Gasteiger partial charge in [0.2, 0.25) is 5.91 Å². The van der Waals surface area contributed by atoms with E-state index in [1.165, 1.54) is 50.9 Å². The van der Waals surface area contributed by atoms with E-state index < -0.39 is 0 Å². The molecule has 1 aromatic rings. The normalized spacial score (nSPS) is 27.6. The second-order valence-corrected chi connectivity index (χ2v) is 9.80. The molecule has 5 rings (SSSR count). The lowest BCUT2D eigenvalue weighted by Gasteiger charge is -2.36. The Morgan fingerprint density at radius 1 is 0.966 bits per heavy atom. The fourth-order valence-corrected chi connectivity index (χ4v) is 5.37. The van der Waals surface area contributed by atoms with Crippen LogP contribution in [0.5, 0.6) is 0 Å². The fourth-order valence-electron chi connectivity index (χ4n) is 5.37. The molecule has 1 unspecified atom stereocenters. The molecule has 0 radical (unpaired) electrons. The topological polar surface area (TPSA) is 26.8 Å². The van der Waals surface area contributed by atoms with E-state index in [2.05, 4.69) is 57.2 Å². The van der Waals surface area contributed by atoms with E-state index in [-0.39, 0.29) is 0 Å². The Hall–Kier alpha value is -1.65. The highest BCUT2D eigenvalue weighted by atomic mass is 16.2. The molecule has 2 saturated heterocycles. The van der Waals surface area contributed by atoms with Crippen LogP contribution in [-0.4, -0.2) is 73.0 Å². The molecule has 156 valence electrons. The van der Waals surface area contributed by atoms with Crippen LogP contribution in [0.25, 0.3) is 6.08 Å². The number of rotatable bonds is 6. The molecule has 2 aliphatic carbocycles. The molecule has 0 N–H and O–H groups in total. The van der Waals surface area contributed by atoms with E-state index in [1.54, 1.807) is 0 Å². The van der Waals surface area contributed by atoms with Crippen molar-refractivity contribution in [1.82, 2.24) is 14.7 Å². The van der Waals surface area contributed by atoms with Crippen LogP contribution in [0, 0.1) is 17.3 Å². The Labute approximate surface area is 175 Å². The molecular formula is C25H35N3O. The van der Waals surface area contributed by atoms with E-state index in [0.29, 0.717) is 17.2 Å². The summed E-state index contributed by atoms with van der Waals surface area (Å²) in [6.07, 6.45) is 11.0. The first-order valence-corrected chi connectivity index (χ1v) is 11.7. The standard InChI is InChI=1S/C25H35N3O/c29-24(23-19-25(23)10-13-27(14-11-25)20-22-8-9-22)28-17-15-26(16-18-28)12-4-7-21-5-2-1-3-6-21/h1-7,22-23H,8-20H2/b7-4+. The first kappa shape index (κ1) is 19.3. The first-order valence-electron chi connectivity index (χ1n) is 11.7. The number of carbonyl (C=O) groups excluding carboxylic acids is 1. The molecule has 1 amide bonds. The zero-order valence-corrected chi connectivity index (χ0v) is 17.6. The van der Waals surface area contributed by atoms with Crippen molar-refractivity contribution in [2.24, 2.45) is 17.3 Å². The summed E-state index contributed by atoms with van der Waals surface area (Å²) in [5.41, 5.74) is 1.62. The van der Waals surface area contributed by atoms with E-state index in [0.717, 1.165) is 45.1 Å². The summed E-state index contributed by atoms with van der Waals surface area (Å²) in [6.45, 7) is 8.54. The highest BCUT2D eigenvalue weighted by Gasteiger charge is 2.59. The van der Waals surface area contributed by atoms with Crippen LogP contribution < -0.4 is 0 Å². The minimum atomic E-state index is 0.329. The van der Waals surface area contributed by atoms with Gasteiger partial charge in [-0.3, -0.25) is 9.69 Å². The second-order valence-electron chi connectivity index (χ2n) is 9.80. The maximum Gasteiger partial charge on any atom is 0.226 e. The van der Waals surface area contributed by atoms with Crippen LogP contribution in [0.1, 0.15) is 37.7 Å². The first-order chi connectivity index (χ1) is 14.2. The van der Waals surface area contributed by atoms with Crippen LogP contribution in [0.15, 0.2) is 36.4 Å². The third-order valence-electron chi connectivity index (χ3n) is 7.71. The van der Waals surface area contributed by atoms with Gasteiger partial charge in [0, 0.05) is 45.2 Å². The molecule has 2 saturated carbocycles. The molecule has 4 fully saturated rings. The van der Waals surface area contributed by atoms with Crippen molar-refractivity contribution in [1.29, 1.82) is 0 Å². The summed E-state index contributed by atoms with van der Waals surface area (Å²) >= 11 is 0. The average Bonchev–Trinajstić information content (AvgIpc) is 3.68. The van der Waals surface area contributed by atoms with Crippen LogP contribution in [-0.2, 0) is 4.79 Å². The number of piperidine rings is 1. The third kappa shape index (κ3) is 4.59. The van der Waals surface area contributed by atoms with Gasteiger partial charge in [0.25, 0.3) is 0 Å². The number of benzene rings is 1. The molecule has 0 aromatic heterocycles. The summed E-state index contributed by atoms with van der Waals surface area (Å²) in [4.78, 5) is 20.4. The van der Waals surface area contributed by atoms with Crippen molar-refractivity contribution in [2.45, 2.75) is 32.1 Å². The highest BCUT2D eigenvalue weighted by Crippen LogP contribution is 2.60. The van der Waals surface area contributed by atoms with E-state index in [9.17, 15) is 4.79 Å². The Bertz CT molecular complexity index is 726. The molecule has 0 bridgehead atoms. The minimum Gasteiger partial charge on any atom is -0.340 e. The van der Waals surface area contributed by atoms with Crippen LogP contribution >= 0.6 is 0 Å². The summed E-state index contributed by atoms with van der Waals surface area (Å²) in [6, 6.07) is 10.5. The molecule has 4 aliphatic rings. The Balaban J connectivity index is 1.04. The predicted molar refractivity (Wildman–Crippen MR) is 117 cm³/mol. The number of amides is 1. The number of carbonyl (C=O) groups is 1. The monoisotopic (exact) mass is 393 g/mol. The van der Waals surface area contributed by atoms with E-state index >= 15 is 0 Å². The van der Waals surface area contributed by atoms with Crippen molar-refractivity contribution in [3.8, 4) is 0 Å². The smallest absolute Gasteiger partial charge is 0.226 e. The Morgan fingerprint density at radius 2 is 1.69 bits per heavy atom. The quantitative estimate of drug-likeness (QED) is 0.742. The molecule has 2 heterocycles. The number of nitrogens with zero attached hydrogens (tertiary/aromatic N) is 3. The number of likely N-dealkylation sites (tertiary alicyclic amines) is 1. The molecule has 29 heavy (non-hydrogen) atoms. The molecular weight excluding hydrogens is 358 g/mol. The van der Waals surface area contributed by atoms with Crippen molar-refractivity contribution < 1.29 is 4.79 Å². The van der Waals surface area contributed by atoms with Gasteiger partial charge in [0.15, 0.2) is 0 Å². The van der Waals surface area contributed by atoms with Crippen molar-refractivity contribution in [3.05, 3.63) is 42.0 Å². The SMILES string of the molecule is O=C(C1CC12CCN(CC1CC1)CC2)N1CCN(C/C=C/c2ccccc2)CC1. The van der Waals surface area contributed by atoms with Gasteiger partial charge in [-0.15, -0.1) is 0 Å². The maximum absolute atomic E-state index is 13.1. The van der Waals surface area contributed by atoms with Crippen LogP contribution in [0.4, 0.5) is 0 Å². The van der Waals surface area contributed by atoms with Crippen LogP contribution in [0.2, 0.25) is 0 Å². The van der Waals surface area contributed by atoms with Gasteiger partial charge >= 0.3 is 0 Å². The highest BCUT2D eigenvalue weighted by molar-refractivity contribution is 5.83. The molecule has 1 aromatic carbocycles. The zero-order chi connectivity index (χ0) is 19.7. The average molecular weight is 394 g/mol.